The summed E-state index contributed by atoms with van der Waals surface area (Å²) in [5.41, 5.74) is 2.30. The lowest BCUT2D eigenvalue weighted by Crippen LogP contribution is -2.30. The van der Waals surface area contributed by atoms with Crippen molar-refractivity contribution < 1.29 is 9.53 Å². The van der Waals surface area contributed by atoms with Gasteiger partial charge in [-0.3, -0.25) is 4.79 Å². The Labute approximate surface area is 158 Å². The van der Waals surface area contributed by atoms with Gasteiger partial charge in [0.05, 0.1) is 12.7 Å². The van der Waals surface area contributed by atoms with Gasteiger partial charge in [-0.25, -0.2) is 9.97 Å². The number of carbonyl (C=O) groups is 1. The normalized spacial score (nSPS) is 10.3. The Morgan fingerprint density at radius 3 is 2.37 bits per heavy atom. The third kappa shape index (κ3) is 4.41. The van der Waals surface area contributed by atoms with E-state index in [0.29, 0.717) is 24.6 Å². The molecule has 3 aromatic rings. The second-order valence-electron chi connectivity index (χ2n) is 5.85. The third-order valence-corrected chi connectivity index (χ3v) is 4.16. The number of anilines is 2. The van der Waals surface area contributed by atoms with Crippen molar-refractivity contribution in [2.45, 2.75) is 13.5 Å². The molecule has 1 aromatic heterocycles. The molecule has 2 aromatic carbocycles. The first-order chi connectivity index (χ1) is 13.2. The van der Waals surface area contributed by atoms with Gasteiger partial charge in [0.15, 0.2) is 0 Å². The van der Waals surface area contributed by atoms with E-state index in [-0.39, 0.29) is 5.91 Å². The van der Waals surface area contributed by atoms with Gasteiger partial charge in [0.25, 0.3) is 5.91 Å². The van der Waals surface area contributed by atoms with Crippen LogP contribution in [-0.2, 0) is 6.54 Å². The molecule has 0 aliphatic carbocycles. The summed E-state index contributed by atoms with van der Waals surface area (Å²) < 4.78 is 5.33. The first kappa shape index (κ1) is 18.4. The SMILES string of the molecule is CCN(C(=O)c1cnc(NCc2ccccc2OC)nc1)c1ccccc1. The summed E-state index contributed by atoms with van der Waals surface area (Å²) in [4.78, 5) is 23.0. The third-order valence-electron chi connectivity index (χ3n) is 4.16. The Kier molecular flexibility index (Phi) is 5.99. The summed E-state index contributed by atoms with van der Waals surface area (Å²) in [6, 6.07) is 17.3. The molecule has 0 fully saturated rings. The van der Waals surface area contributed by atoms with Crippen LogP contribution in [0.1, 0.15) is 22.8 Å². The fourth-order valence-electron chi connectivity index (χ4n) is 2.76. The quantitative estimate of drug-likeness (QED) is 0.693. The average molecular weight is 362 g/mol. The minimum Gasteiger partial charge on any atom is -0.496 e. The molecule has 0 saturated carbocycles. The summed E-state index contributed by atoms with van der Waals surface area (Å²) in [5.74, 6) is 1.14. The molecule has 27 heavy (non-hydrogen) atoms. The lowest BCUT2D eigenvalue weighted by atomic mass is 10.2. The first-order valence-electron chi connectivity index (χ1n) is 8.77. The van der Waals surface area contributed by atoms with Crippen molar-refractivity contribution in [2.24, 2.45) is 0 Å². The zero-order valence-electron chi connectivity index (χ0n) is 15.4. The van der Waals surface area contributed by atoms with Crippen LogP contribution in [0.3, 0.4) is 0 Å². The second-order valence-corrected chi connectivity index (χ2v) is 5.85. The summed E-state index contributed by atoms with van der Waals surface area (Å²) >= 11 is 0. The van der Waals surface area contributed by atoms with Crippen LogP contribution in [0.4, 0.5) is 11.6 Å². The standard InChI is InChI=1S/C21H22N4O2/c1-3-25(18-10-5-4-6-11-18)20(26)17-14-23-21(24-15-17)22-13-16-9-7-8-12-19(16)27-2/h4-12,14-15H,3,13H2,1-2H3,(H,22,23,24). The van der Waals surface area contributed by atoms with Gasteiger partial charge in [-0.2, -0.15) is 0 Å². The van der Waals surface area contributed by atoms with Crippen LogP contribution in [-0.4, -0.2) is 29.5 Å². The number of methoxy groups -OCH3 is 1. The number of aromatic nitrogens is 2. The Balaban J connectivity index is 1.68. The Hall–Kier alpha value is -3.41. The van der Waals surface area contributed by atoms with Crippen LogP contribution in [0, 0.1) is 0 Å². The second kappa shape index (κ2) is 8.80. The summed E-state index contributed by atoms with van der Waals surface area (Å²) in [5, 5.41) is 3.15. The van der Waals surface area contributed by atoms with Gasteiger partial charge in [0.2, 0.25) is 5.95 Å². The predicted molar refractivity (Wildman–Crippen MR) is 106 cm³/mol. The number of amides is 1. The van der Waals surface area contributed by atoms with E-state index in [1.165, 1.54) is 0 Å². The number of carbonyl (C=O) groups excluding carboxylic acids is 1. The highest BCUT2D eigenvalue weighted by atomic mass is 16.5. The van der Waals surface area contributed by atoms with Crippen LogP contribution in [0.15, 0.2) is 67.0 Å². The molecular formula is C21H22N4O2. The molecule has 0 bridgehead atoms. The number of hydrogen-bond donors (Lipinski definition) is 1. The minimum absolute atomic E-state index is 0.125. The molecule has 138 valence electrons. The van der Waals surface area contributed by atoms with E-state index in [0.717, 1.165) is 17.0 Å². The predicted octanol–water partition coefficient (Wildman–Crippen LogP) is 3.76. The topological polar surface area (TPSA) is 67.4 Å². The van der Waals surface area contributed by atoms with Crippen molar-refractivity contribution in [1.29, 1.82) is 0 Å². The van der Waals surface area contributed by atoms with Crippen molar-refractivity contribution >= 4 is 17.5 Å². The number of benzene rings is 2. The largest absolute Gasteiger partial charge is 0.496 e. The minimum atomic E-state index is -0.125. The van der Waals surface area contributed by atoms with Crippen molar-refractivity contribution in [3.63, 3.8) is 0 Å². The molecule has 0 aliphatic rings. The van der Waals surface area contributed by atoms with E-state index < -0.39 is 0 Å². The van der Waals surface area contributed by atoms with E-state index in [1.54, 1.807) is 24.4 Å². The lowest BCUT2D eigenvalue weighted by Gasteiger charge is -2.20. The van der Waals surface area contributed by atoms with Gasteiger partial charge in [-0.1, -0.05) is 36.4 Å². The number of nitrogens with zero attached hydrogens (tertiary/aromatic N) is 3. The number of hydrogen-bond acceptors (Lipinski definition) is 5. The van der Waals surface area contributed by atoms with Crippen LogP contribution >= 0.6 is 0 Å². The summed E-state index contributed by atoms with van der Waals surface area (Å²) in [6.45, 7) is 3.04. The fraction of sp³-hybridized carbons (Fsp3) is 0.190. The molecule has 1 amide bonds. The Morgan fingerprint density at radius 2 is 1.70 bits per heavy atom. The van der Waals surface area contributed by atoms with Crippen LogP contribution in [0.5, 0.6) is 5.75 Å². The number of nitrogens with one attached hydrogen (secondary N) is 1. The van der Waals surface area contributed by atoms with Gasteiger partial charge in [-0.05, 0) is 25.1 Å². The molecule has 6 nitrogen and oxygen atoms in total. The maximum absolute atomic E-state index is 12.8. The first-order valence-corrected chi connectivity index (χ1v) is 8.77. The van der Waals surface area contributed by atoms with E-state index in [4.69, 9.17) is 4.74 Å². The van der Waals surface area contributed by atoms with Crippen molar-refractivity contribution in [3.05, 3.63) is 78.1 Å². The molecule has 0 aliphatic heterocycles. The highest BCUT2D eigenvalue weighted by molar-refractivity contribution is 6.05. The number of ether oxygens (including phenoxy) is 1. The molecule has 1 N–H and O–H groups in total. The van der Waals surface area contributed by atoms with Crippen LogP contribution < -0.4 is 15.0 Å². The molecule has 0 spiro atoms. The Bertz CT molecular complexity index is 882. The lowest BCUT2D eigenvalue weighted by molar-refractivity contribution is 0.0987. The van der Waals surface area contributed by atoms with Crippen molar-refractivity contribution in [1.82, 2.24) is 9.97 Å². The molecule has 0 radical (unpaired) electrons. The molecule has 0 unspecified atom stereocenters. The molecule has 0 saturated heterocycles. The Morgan fingerprint density at radius 1 is 1.04 bits per heavy atom. The summed E-state index contributed by atoms with van der Waals surface area (Å²) in [7, 11) is 1.64. The zero-order chi connectivity index (χ0) is 19.1. The molecule has 1 heterocycles. The van der Waals surface area contributed by atoms with Gasteiger partial charge < -0.3 is 15.0 Å². The molecule has 0 atom stereocenters. The van der Waals surface area contributed by atoms with Gasteiger partial charge in [-0.15, -0.1) is 0 Å². The zero-order valence-corrected chi connectivity index (χ0v) is 15.4. The van der Waals surface area contributed by atoms with E-state index in [2.05, 4.69) is 15.3 Å². The number of rotatable bonds is 7. The van der Waals surface area contributed by atoms with E-state index in [1.807, 2.05) is 61.5 Å². The highest BCUT2D eigenvalue weighted by Crippen LogP contribution is 2.19. The van der Waals surface area contributed by atoms with Crippen LogP contribution in [0.25, 0.3) is 0 Å². The fourth-order valence-corrected chi connectivity index (χ4v) is 2.76. The molecule has 6 heteroatoms. The van der Waals surface area contributed by atoms with E-state index >= 15 is 0 Å². The molecule has 3 rings (SSSR count). The van der Waals surface area contributed by atoms with Gasteiger partial charge in [0.1, 0.15) is 5.75 Å². The summed E-state index contributed by atoms with van der Waals surface area (Å²) in [6.07, 6.45) is 3.09. The monoisotopic (exact) mass is 362 g/mol. The van der Waals surface area contributed by atoms with Crippen molar-refractivity contribution in [2.75, 3.05) is 23.9 Å². The maximum atomic E-state index is 12.8. The highest BCUT2D eigenvalue weighted by Gasteiger charge is 2.16. The van der Waals surface area contributed by atoms with Crippen molar-refractivity contribution in [3.8, 4) is 5.75 Å². The van der Waals surface area contributed by atoms with Crippen LogP contribution in [0.2, 0.25) is 0 Å². The average Bonchev–Trinajstić information content (AvgIpc) is 2.74. The number of para-hydroxylation sites is 2. The van der Waals surface area contributed by atoms with Gasteiger partial charge in [0, 0.05) is 36.7 Å². The smallest absolute Gasteiger partial charge is 0.261 e. The van der Waals surface area contributed by atoms with E-state index in [9.17, 15) is 4.79 Å². The molecular weight excluding hydrogens is 340 g/mol. The van der Waals surface area contributed by atoms with Gasteiger partial charge >= 0.3 is 0 Å². The maximum Gasteiger partial charge on any atom is 0.261 e.